The first-order chi connectivity index (χ1) is 7.94. The number of rotatable bonds is 6. The first-order valence-electron chi connectivity index (χ1n) is 5.10. The standard InChI is InChI=1S/C10H14Cl2N2O2S/c11-9-4-3-8(7-10(9)12)14-17(15,16)6-2-1-5-13/h3-4,7,14H,1-2,5-6,13H2. The monoisotopic (exact) mass is 296 g/mol. The maximum Gasteiger partial charge on any atom is 0.232 e. The minimum Gasteiger partial charge on any atom is -0.330 e. The molecule has 0 aliphatic heterocycles. The quantitative estimate of drug-likeness (QED) is 0.792. The highest BCUT2D eigenvalue weighted by Crippen LogP contribution is 2.25. The summed E-state index contributed by atoms with van der Waals surface area (Å²) in [5.74, 6) is 0.0461. The zero-order chi connectivity index (χ0) is 12.9. The Bertz CT molecular complexity index is 477. The maximum absolute atomic E-state index is 11.6. The van der Waals surface area contributed by atoms with E-state index in [0.717, 1.165) is 0 Å². The third-order valence-corrected chi connectivity index (χ3v) is 4.17. The van der Waals surface area contributed by atoms with Crippen LogP contribution in [0.3, 0.4) is 0 Å². The molecule has 4 nitrogen and oxygen atoms in total. The molecule has 3 N–H and O–H groups in total. The average Bonchev–Trinajstić information content (AvgIpc) is 2.23. The topological polar surface area (TPSA) is 72.2 Å². The molecule has 0 aromatic heterocycles. The van der Waals surface area contributed by atoms with Gasteiger partial charge in [-0.2, -0.15) is 0 Å². The van der Waals surface area contributed by atoms with Crippen molar-refractivity contribution in [3.8, 4) is 0 Å². The molecule has 0 aliphatic rings. The molecular formula is C10H14Cl2N2O2S. The van der Waals surface area contributed by atoms with Gasteiger partial charge in [0.2, 0.25) is 10.0 Å². The minimum absolute atomic E-state index is 0.0461. The highest BCUT2D eigenvalue weighted by Gasteiger charge is 2.10. The van der Waals surface area contributed by atoms with Crippen molar-refractivity contribution in [1.29, 1.82) is 0 Å². The first-order valence-corrected chi connectivity index (χ1v) is 7.51. The van der Waals surface area contributed by atoms with Crippen LogP contribution in [0.1, 0.15) is 12.8 Å². The highest BCUT2D eigenvalue weighted by atomic mass is 35.5. The van der Waals surface area contributed by atoms with Gasteiger partial charge >= 0.3 is 0 Å². The van der Waals surface area contributed by atoms with Crippen LogP contribution in [0.4, 0.5) is 5.69 Å². The van der Waals surface area contributed by atoms with E-state index in [9.17, 15) is 8.42 Å². The summed E-state index contributed by atoms with van der Waals surface area (Å²) in [4.78, 5) is 0. The molecule has 0 aliphatic carbocycles. The Balaban J connectivity index is 2.66. The Labute approximate surface area is 111 Å². The molecule has 0 spiro atoms. The lowest BCUT2D eigenvalue weighted by Gasteiger charge is -2.08. The van der Waals surface area contributed by atoms with Gasteiger partial charge in [0, 0.05) is 0 Å². The summed E-state index contributed by atoms with van der Waals surface area (Å²) < 4.78 is 25.7. The van der Waals surface area contributed by atoms with E-state index in [-0.39, 0.29) is 5.75 Å². The fourth-order valence-corrected chi connectivity index (χ4v) is 2.70. The summed E-state index contributed by atoms with van der Waals surface area (Å²) in [6, 6.07) is 4.58. The second-order valence-electron chi connectivity index (χ2n) is 3.55. The molecule has 0 bridgehead atoms. The van der Waals surface area contributed by atoms with Crippen molar-refractivity contribution in [3.05, 3.63) is 28.2 Å². The third-order valence-electron chi connectivity index (χ3n) is 2.06. The van der Waals surface area contributed by atoms with Crippen LogP contribution in [0.5, 0.6) is 0 Å². The summed E-state index contributed by atoms with van der Waals surface area (Å²) in [6.45, 7) is 0.488. The molecule has 7 heteroatoms. The molecule has 17 heavy (non-hydrogen) atoms. The smallest absolute Gasteiger partial charge is 0.232 e. The molecule has 1 rings (SSSR count). The van der Waals surface area contributed by atoms with Gasteiger partial charge in [-0.3, -0.25) is 4.72 Å². The van der Waals surface area contributed by atoms with Crippen LogP contribution >= 0.6 is 23.2 Å². The fourth-order valence-electron chi connectivity index (χ4n) is 1.23. The maximum atomic E-state index is 11.6. The number of nitrogens with one attached hydrogen (secondary N) is 1. The number of unbranched alkanes of at least 4 members (excludes halogenated alkanes) is 1. The lowest BCUT2D eigenvalue weighted by atomic mass is 10.3. The van der Waals surface area contributed by atoms with Crippen LogP contribution in [0.2, 0.25) is 10.0 Å². The van der Waals surface area contributed by atoms with Gasteiger partial charge in [-0.1, -0.05) is 23.2 Å². The van der Waals surface area contributed by atoms with Gasteiger partial charge in [0.25, 0.3) is 0 Å². The van der Waals surface area contributed by atoms with Crippen LogP contribution in [-0.4, -0.2) is 20.7 Å². The van der Waals surface area contributed by atoms with Gasteiger partial charge in [0.05, 0.1) is 21.5 Å². The predicted molar refractivity (Wildman–Crippen MR) is 72.2 cm³/mol. The van der Waals surface area contributed by atoms with Crippen LogP contribution in [0.15, 0.2) is 18.2 Å². The summed E-state index contributed by atoms with van der Waals surface area (Å²) in [7, 11) is -3.34. The molecule has 0 saturated heterocycles. The molecule has 0 radical (unpaired) electrons. The van der Waals surface area contributed by atoms with E-state index < -0.39 is 10.0 Å². The number of benzene rings is 1. The second-order valence-corrected chi connectivity index (χ2v) is 6.20. The number of sulfonamides is 1. The van der Waals surface area contributed by atoms with Gasteiger partial charge in [0.15, 0.2) is 0 Å². The summed E-state index contributed by atoms with van der Waals surface area (Å²) in [5.41, 5.74) is 5.71. The van der Waals surface area contributed by atoms with E-state index in [1.165, 1.54) is 6.07 Å². The Morgan fingerprint density at radius 3 is 2.47 bits per heavy atom. The van der Waals surface area contributed by atoms with Gasteiger partial charge in [-0.05, 0) is 37.6 Å². The van der Waals surface area contributed by atoms with Crippen LogP contribution < -0.4 is 10.5 Å². The second kappa shape index (κ2) is 6.44. The van der Waals surface area contributed by atoms with E-state index in [2.05, 4.69) is 4.72 Å². The lowest BCUT2D eigenvalue weighted by molar-refractivity contribution is 0.597. The van der Waals surface area contributed by atoms with Crippen molar-refractivity contribution in [3.63, 3.8) is 0 Å². The average molecular weight is 297 g/mol. The van der Waals surface area contributed by atoms with Crippen molar-refractivity contribution in [1.82, 2.24) is 0 Å². The Morgan fingerprint density at radius 2 is 1.88 bits per heavy atom. The molecule has 0 fully saturated rings. The van der Waals surface area contributed by atoms with Crippen molar-refractivity contribution in [2.24, 2.45) is 5.73 Å². The molecule has 0 amide bonds. The first kappa shape index (κ1) is 14.6. The van der Waals surface area contributed by atoms with Gasteiger partial charge in [-0.25, -0.2) is 8.42 Å². The number of hydrogen-bond donors (Lipinski definition) is 2. The van der Waals surface area contributed by atoms with Gasteiger partial charge < -0.3 is 5.73 Å². The Kier molecular flexibility index (Phi) is 5.52. The van der Waals surface area contributed by atoms with E-state index >= 15 is 0 Å². The number of nitrogens with two attached hydrogens (primary N) is 1. The molecular weight excluding hydrogens is 283 g/mol. The molecule has 1 aromatic carbocycles. The van der Waals surface area contributed by atoms with Crippen molar-refractivity contribution in [2.75, 3.05) is 17.0 Å². The Hall–Kier alpha value is -0.490. The van der Waals surface area contributed by atoms with E-state index in [0.29, 0.717) is 35.1 Å². The molecule has 1 aromatic rings. The van der Waals surface area contributed by atoms with Gasteiger partial charge in [0.1, 0.15) is 0 Å². The SMILES string of the molecule is NCCCCS(=O)(=O)Nc1ccc(Cl)c(Cl)c1. The van der Waals surface area contributed by atoms with Crippen LogP contribution in [0, 0.1) is 0 Å². The number of halogens is 2. The van der Waals surface area contributed by atoms with Gasteiger partial charge in [-0.15, -0.1) is 0 Å². The molecule has 0 unspecified atom stereocenters. The van der Waals surface area contributed by atoms with Crippen LogP contribution in [0.25, 0.3) is 0 Å². The number of anilines is 1. The van der Waals surface area contributed by atoms with E-state index in [1.807, 2.05) is 0 Å². The van der Waals surface area contributed by atoms with Crippen LogP contribution in [-0.2, 0) is 10.0 Å². The zero-order valence-corrected chi connectivity index (χ0v) is 11.4. The summed E-state index contributed by atoms with van der Waals surface area (Å²) >= 11 is 11.5. The normalized spacial score (nSPS) is 11.5. The largest absolute Gasteiger partial charge is 0.330 e. The third kappa shape index (κ3) is 5.12. The zero-order valence-electron chi connectivity index (χ0n) is 9.12. The highest BCUT2D eigenvalue weighted by molar-refractivity contribution is 7.92. The van der Waals surface area contributed by atoms with Crippen molar-refractivity contribution >= 4 is 38.9 Å². The molecule has 0 saturated carbocycles. The molecule has 0 heterocycles. The van der Waals surface area contributed by atoms with Crippen molar-refractivity contribution < 1.29 is 8.42 Å². The minimum atomic E-state index is -3.34. The Morgan fingerprint density at radius 1 is 1.18 bits per heavy atom. The number of hydrogen-bond acceptors (Lipinski definition) is 3. The fraction of sp³-hybridized carbons (Fsp3) is 0.400. The summed E-state index contributed by atoms with van der Waals surface area (Å²) in [5, 5.41) is 0.701. The van der Waals surface area contributed by atoms with E-state index in [4.69, 9.17) is 28.9 Å². The van der Waals surface area contributed by atoms with Crippen molar-refractivity contribution in [2.45, 2.75) is 12.8 Å². The molecule has 96 valence electrons. The molecule has 0 atom stereocenters. The van der Waals surface area contributed by atoms with E-state index in [1.54, 1.807) is 12.1 Å². The lowest BCUT2D eigenvalue weighted by Crippen LogP contribution is -2.17. The predicted octanol–water partition coefficient (Wildman–Crippen LogP) is 2.47. The summed E-state index contributed by atoms with van der Waals surface area (Å²) in [6.07, 6.45) is 1.22.